The first-order chi connectivity index (χ1) is 15.6. The van der Waals surface area contributed by atoms with Gasteiger partial charge in [0.15, 0.2) is 0 Å². The Hall–Kier alpha value is -3.49. The maximum atomic E-state index is 11.0. The van der Waals surface area contributed by atoms with E-state index in [1.165, 1.54) is 6.07 Å². The summed E-state index contributed by atoms with van der Waals surface area (Å²) in [6, 6.07) is 16.3. The highest BCUT2D eigenvalue weighted by atomic mass is 32.1. The number of hydrogen-bond acceptors (Lipinski definition) is 8. The second kappa shape index (κ2) is 11.8. The first-order valence-electron chi connectivity index (χ1n) is 9.97. The van der Waals surface area contributed by atoms with Crippen LogP contribution in [0.3, 0.4) is 0 Å². The predicted molar refractivity (Wildman–Crippen MR) is 124 cm³/mol. The van der Waals surface area contributed by atoms with Crippen molar-refractivity contribution in [1.29, 1.82) is 0 Å². The maximum Gasteiger partial charge on any atom is 0.354 e. The molecule has 1 aromatic carbocycles. The van der Waals surface area contributed by atoms with Crippen LogP contribution in [0.25, 0.3) is 0 Å². The number of nitrogens with one attached hydrogen (secondary N) is 1. The van der Waals surface area contributed by atoms with Gasteiger partial charge < -0.3 is 20.9 Å². The second-order valence-electron chi connectivity index (χ2n) is 6.88. The fourth-order valence-corrected chi connectivity index (χ4v) is 3.10. The number of carboxylic acids is 1. The third-order valence-electron chi connectivity index (χ3n) is 4.52. The molecule has 0 aliphatic carbocycles. The van der Waals surface area contributed by atoms with Gasteiger partial charge in [0.25, 0.3) is 0 Å². The number of isothiocyanates is 1. The highest BCUT2D eigenvalue weighted by molar-refractivity contribution is 7.78. The van der Waals surface area contributed by atoms with Crippen molar-refractivity contribution in [1.82, 2.24) is 15.3 Å². The van der Waals surface area contributed by atoms with Gasteiger partial charge in [-0.15, -0.1) is 0 Å². The normalized spacial score (nSPS) is 10.4. The lowest BCUT2D eigenvalue weighted by atomic mass is 10.1. The van der Waals surface area contributed by atoms with E-state index >= 15 is 0 Å². The first-order valence-corrected chi connectivity index (χ1v) is 10.4. The van der Waals surface area contributed by atoms with Crippen molar-refractivity contribution < 1.29 is 14.6 Å². The zero-order valence-electron chi connectivity index (χ0n) is 17.3. The quantitative estimate of drug-likeness (QED) is 0.301. The summed E-state index contributed by atoms with van der Waals surface area (Å²) in [5, 5.41) is 14.6. The van der Waals surface area contributed by atoms with Gasteiger partial charge in [-0.25, -0.2) is 9.78 Å². The SMILES string of the molecule is NCc1cc(OCCc2ccc(N=C=S)cc2)cc(CNCc2cccc(C(=O)O)n2)n1. The van der Waals surface area contributed by atoms with Crippen LogP contribution in [0.5, 0.6) is 5.75 Å². The summed E-state index contributed by atoms with van der Waals surface area (Å²) in [4.78, 5) is 23.6. The topological polar surface area (TPSA) is 123 Å². The zero-order chi connectivity index (χ0) is 22.8. The summed E-state index contributed by atoms with van der Waals surface area (Å²) in [6.45, 7) is 1.68. The van der Waals surface area contributed by atoms with Crippen LogP contribution in [0, 0.1) is 0 Å². The van der Waals surface area contributed by atoms with Crippen molar-refractivity contribution in [2.45, 2.75) is 26.1 Å². The maximum absolute atomic E-state index is 11.0. The van der Waals surface area contributed by atoms with E-state index in [-0.39, 0.29) is 5.69 Å². The van der Waals surface area contributed by atoms with Crippen LogP contribution in [0.15, 0.2) is 59.6 Å². The molecule has 4 N–H and O–H groups in total. The number of carboxylic acid groups (broad SMARTS) is 1. The summed E-state index contributed by atoms with van der Waals surface area (Å²) >= 11 is 4.61. The summed E-state index contributed by atoms with van der Waals surface area (Å²) in [6.07, 6.45) is 0.737. The van der Waals surface area contributed by atoms with Crippen molar-refractivity contribution >= 4 is 29.0 Å². The highest BCUT2D eigenvalue weighted by Crippen LogP contribution is 2.16. The van der Waals surface area contributed by atoms with Crippen LogP contribution in [-0.4, -0.2) is 32.8 Å². The number of aliphatic imine (C=N–C) groups is 1. The molecule has 2 aromatic heterocycles. The van der Waals surface area contributed by atoms with Gasteiger partial charge in [-0.1, -0.05) is 18.2 Å². The predicted octanol–water partition coefficient (Wildman–Crippen LogP) is 3.28. The largest absolute Gasteiger partial charge is 0.493 e. The molecule has 3 rings (SSSR count). The molecule has 0 unspecified atom stereocenters. The van der Waals surface area contributed by atoms with E-state index < -0.39 is 5.97 Å². The number of pyridine rings is 2. The number of carbonyl (C=O) groups is 1. The van der Waals surface area contributed by atoms with Gasteiger partial charge in [-0.2, -0.15) is 4.99 Å². The molecule has 164 valence electrons. The molecule has 0 bridgehead atoms. The Morgan fingerprint density at radius 1 is 1.09 bits per heavy atom. The van der Waals surface area contributed by atoms with Crippen LogP contribution in [0.1, 0.15) is 33.1 Å². The Kier molecular flexibility index (Phi) is 8.53. The number of aromatic nitrogens is 2. The van der Waals surface area contributed by atoms with E-state index in [1.807, 2.05) is 36.4 Å². The fourth-order valence-electron chi connectivity index (χ4n) is 2.99. The summed E-state index contributed by atoms with van der Waals surface area (Å²) in [5.74, 6) is -0.351. The number of benzene rings is 1. The van der Waals surface area contributed by atoms with Crippen molar-refractivity contribution in [3.05, 3.63) is 82.9 Å². The molecule has 0 fully saturated rings. The lowest BCUT2D eigenvalue weighted by Crippen LogP contribution is -2.16. The minimum Gasteiger partial charge on any atom is -0.493 e. The monoisotopic (exact) mass is 449 g/mol. The second-order valence-corrected chi connectivity index (χ2v) is 7.06. The molecule has 9 heteroatoms. The van der Waals surface area contributed by atoms with Gasteiger partial charge >= 0.3 is 5.97 Å². The lowest BCUT2D eigenvalue weighted by molar-refractivity contribution is 0.0690. The molecule has 2 heterocycles. The molecule has 0 radical (unpaired) electrons. The van der Waals surface area contributed by atoms with Crippen molar-refractivity contribution in [2.75, 3.05) is 6.61 Å². The molecule has 0 saturated heterocycles. The zero-order valence-corrected chi connectivity index (χ0v) is 18.1. The van der Waals surface area contributed by atoms with Gasteiger partial charge in [0.05, 0.1) is 34.5 Å². The molecule has 3 aromatic rings. The molecule has 32 heavy (non-hydrogen) atoms. The minimum absolute atomic E-state index is 0.0179. The highest BCUT2D eigenvalue weighted by Gasteiger charge is 2.07. The Labute approximate surface area is 191 Å². The smallest absolute Gasteiger partial charge is 0.354 e. The van der Waals surface area contributed by atoms with Crippen LogP contribution < -0.4 is 15.8 Å². The molecule has 0 amide bonds. The number of nitrogens with zero attached hydrogens (tertiary/aromatic N) is 3. The molecular formula is C23H23N5O3S. The third kappa shape index (κ3) is 7.04. The van der Waals surface area contributed by atoms with Gasteiger partial charge in [0.1, 0.15) is 11.4 Å². The van der Waals surface area contributed by atoms with Crippen LogP contribution in [0.4, 0.5) is 5.69 Å². The average Bonchev–Trinajstić information content (AvgIpc) is 2.80. The fraction of sp³-hybridized carbons (Fsp3) is 0.217. The molecule has 0 aliphatic rings. The molecule has 0 atom stereocenters. The molecule has 0 saturated carbocycles. The Morgan fingerprint density at radius 2 is 1.84 bits per heavy atom. The standard InChI is InChI=1S/C23H23N5O3S/c24-12-19-10-21(31-9-8-16-4-6-17(7-5-16)26-15-32)11-20(27-19)14-25-13-18-2-1-3-22(28-18)23(29)30/h1-7,10-11,25H,8-9,12-14,24H2,(H,29,30). The summed E-state index contributed by atoms with van der Waals surface area (Å²) in [5.41, 5.74) is 9.84. The minimum atomic E-state index is -1.05. The number of aromatic carboxylic acids is 1. The third-order valence-corrected chi connectivity index (χ3v) is 4.61. The van der Waals surface area contributed by atoms with Crippen LogP contribution in [0.2, 0.25) is 0 Å². The van der Waals surface area contributed by atoms with Crippen LogP contribution in [-0.2, 0) is 26.1 Å². The van der Waals surface area contributed by atoms with E-state index in [2.05, 4.69) is 37.7 Å². The number of nitrogens with two attached hydrogens (primary N) is 1. The number of ether oxygens (including phenoxy) is 1. The van der Waals surface area contributed by atoms with Crippen molar-refractivity contribution in [3.63, 3.8) is 0 Å². The van der Waals surface area contributed by atoms with Gasteiger partial charge in [-0.3, -0.25) is 4.98 Å². The Bertz CT molecular complexity index is 1110. The molecular weight excluding hydrogens is 426 g/mol. The number of thiocarbonyl (C=S) groups is 1. The molecule has 0 aliphatic heterocycles. The summed E-state index contributed by atoms with van der Waals surface area (Å²) in [7, 11) is 0. The average molecular weight is 450 g/mol. The van der Waals surface area contributed by atoms with Gasteiger partial charge in [0, 0.05) is 38.2 Å². The van der Waals surface area contributed by atoms with Gasteiger partial charge in [0.2, 0.25) is 0 Å². The Morgan fingerprint density at radius 3 is 2.56 bits per heavy atom. The van der Waals surface area contributed by atoms with E-state index in [1.54, 1.807) is 12.1 Å². The Balaban J connectivity index is 1.55. The van der Waals surface area contributed by atoms with E-state index in [0.29, 0.717) is 37.7 Å². The van der Waals surface area contributed by atoms with Crippen LogP contribution >= 0.6 is 12.2 Å². The summed E-state index contributed by atoms with van der Waals surface area (Å²) < 4.78 is 5.92. The van der Waals surface area contributed by atoms with E-state index in [0.717, 1.165) is 29.1 Å². The van der Waals surface area contributed by atoms with Crippen molar-refractivity contribution in [2.24, 2.45) is 10.7 Å². The lowest BCUT2D eigenvalue weighted by Gasteiger charge is -2.11. The van der Waals surface area contributed by atoms with Crippen molar-refractivity contribution in [3.8, 4) is 5.75 Å². The number of hydrogen-bond donors (Lipinski definition) is 3. The number of rotatable bonds is 11. The molecule has 8 nitrogen and oxygen atoms in total. The van der Waals surface area contributed by atoms with Gasteiger partial charge in [-0.05, 0) is 42.0 Å². The first kappa shape index (κ1) is 23.2. The molecule has 0 spiro atoms. The van der Waals surface area contributed by atoms with E-state index in [9.17, 15) is 4.79 Å². The van der Waals surface area contributed by atoms with E-state index in [4.69, 9.17) is 15.6 Å².